The Bertz CT molecular complexity index is 523. The van der Waals surface area contributed by atoms with Gasteiger partial charge in [-0.3, -0.25) is 4.79 Å². The summed E-state index contributed by atoms with van der Waals surface area (Å²) < 4.78 is 0. The highest BCUT2D eigenvalue weighted by atomic mass is 35.5. The number of nitrogens with zero attached hydrogens (tertiary/aromatic N) is 2. The average Bonchev–Trinajstić information content (AvgIpc) is 2.61. The first-order valence-corrected chi connectivity index (χ1v) is 9.12. The smallest absolute Gasteiger partial charge is 0.236 e. The highest BCUT2D eigenvalue weighted by Gasteiger charge is 2.22. The van der Waals surface area contributed by atoms with Crippen LogP contribution in [0.5, 0.6) is 0 Å². The van der Waals surface area contributed by atoms with Gasteiger partial charge in [0.15, 0.2) is 0 Å². The van der Waals surface area contributed by atoms with Crippen LogP contribution in [0.1, 0.15) is 32.1 Å². The Balaban J connectivity index is 1.43. The molecule has 0 aromatic heterocycles. The summed E-state index contributed by atoms with van der Waals surface area (Å²) >= 11 is 6.06. The maximum Gasteiger partial charge on any atom is 0.236 e. The van der Waals surface area contributed by atoms with Gasteiger partial charge in [0.2, 0.25) is 5.91 Å². The van der Waals surface area contributed by atoms with Gasteiger partial charge >= 0.3 is 0 Å². The van der Waals surface area contributed by atoms with E-state index in [9.17, 15) is 4.79 Å². The molecule has 0 atom stereocenters. The topological polar surface area (TPSA) is 35.6 Å². The van der Waals surface area contributed by atoms with Crippen LogP contribution in [0, 0.1) is 0 Å². The summed E-state index contributed by atoms with van der Waals surface area (Å²) in [4.78, 5) is 16.6. The molecule has 0 bridgehead atoms. The molecule has 1 saturated carbocycles. The van der Waals surface area contributed by atoms with Crippen molar-refractivity contribution in [2.24, 2.45) is 0 Å². The third kappa shape index (κ3) is 4.61. The third-order valence-corrected chi connectivity index (χ3v) is 5.19. The van der Waals surface area contributed by atoms with Crippen molar-refractivity contribution < 1.29 is 4.79 Å². The molecule has 0 spiro atoms. The van der Waals surface area contributed by atoms with E-state index in [2.05, 4.69) is 16.3 Å². The zero-order chi connectivity index (χ0) is 16.1. The van der Waals surface area contributed by atoms with Crippen LogP contribution in [0.4, 0.5) is 5.69 Å². The second-order valence-corrected chi connectivity index (χ2v) is 7.00. The van der Waals surface area contributed by atoms with Crippen molar-refractivity contribution in [2.45, 2.75) is 38.1 Å². The van der Waals surface area contributed by atoms with E-state index in [1.54, 1.807) is 0 Å². The van der Waals surface area contributed by atoms with Gasteiger partial charge in [-0.15, -0.1) is 0 Å². The summed E-state index contributed by atoms with van der Waals surface area (Å²) in [6.07, 6.45) is 6.37. The van der Waals surface area contributed by atoms with E-state index in [1.165, 1.54) is 32.1 Å². The van der Waals surface area contributed by atoms with E-state index in [-0.39, 0.29) is 5.91 Å². The van der Waals surface area contributed by atoms with Crippen LogP contribution < -0.4 is 10.2 Å². The van der Waals surface area contributed by atoms with Crippen LogP contribution in [-0.4, -0.2) is 49.6 Å². The number of hydrogen-bond acceptors (Lipinski definition) is 3. The van der Waals surface area contributed by atoms with Crippen molar-refractivity contribution in [3.05, 3.63) is 29.3 Å². The molecule has 0 radical (unpaired) electrons. The lowest BCUT2D eigenvalue weighted by Gasteiger charge is -2.36. The molecular formula is C18H26ClN3O. The number of benzene rings is 1. The van der Waals surface area contributed by atoms with E-state index in [0.29, 0.717) is 12.6 Å². The monoisotopic (exact) mass is 335 g/mol. The minimum Gasteiger partial charge on any atom is -0.368 e. The van der Waals surface area contributed by atoms with Crippen LogP contribution >= 0.6 is 11.6 Å². The summed E-state index contributed by atoms with van der Waals surface area (Å²) in [7, 11) is 0. The summed E-state index contributed by atoms with van der Waals surface area (Å²) in [6.45, 7) is 3.81. The van der Waals surface area contributed by atoms with E-state index in [4.69, 9.17) is 11.6 Å². The van der Waals surface area contributed by atoms with Crippen LogP contribution in [0.2, 0.25) is 5.02 Å². The number of nitrogens with one attached hydrogen (secondary N) is 1. The number of amides is 1. The van der Waals surface area contributed by atoms with Gasteiger partial charge in [0.25, 0.3) is 0 Å². The number of piperazine rings is 1. The second kappa shape index (κ2) is 8.02. The molecule has 1 aliphatic heterocycles. The first kappa shape index (κ1) is 16.6. The lowest BCUT2D eigenvalue weighted by atomic mass is 9.95. The molecule has 1 aliphatic carbocycles. The largest absolute Gasteiger partial charge is 0.368 e. The second-order valence-electron chi connectivity index (χ2n) is 6.56. The van der Waals surface area contributed by atoms with Crippen molar-refractivity contribution in [1.82, 2.24) is 10.2 Å². The van der Waals surface area contributed by atoms with E-state index in [0.717, 1.165) is 36.9 Å². The van der Waals surface area contributed by atoms with Crippen molar-refractivity contribution in [3.8, 4) is 0 Å². The van der Waals surface area contributed by atoms with Crippen LogP contribution in [0.15, 0.2) is 24.3 Å². The van der Waals surface area contributed by atoms with E-state index >= 15 is 0 Å². The molecule has 1 N–H and O–H groups in total. The first-order chi connectivity index (χ1) is 11.2. The standard InChI is InChI=1S/C18H26ClN3O/c19-15-5-4-8-17(13-15)21-9-11-22(12-10-21)18(23)14-20-16-6-2-1-3-7-16/h4-5,8,13,16,20H,1-3,6-7,9-12,14H2. The van der Waals surface area contributed by atoms with Crippen LogP contribution in [-0.2, 0) is 4.79 Å². The highest BCUT2D eigenvalue weighted by molar-refractivity contribution is 6.30. The Morgan fingerprint density at radius 3 is 2.57 bits per heavy atom. The predicted octanol–water partition coefficient (Wildman–Crippen LogP) is 2.91. The molecule has 1 aromatic carbocycles. The number of halogens is 1. The number of carbonyl (C=O) groups excluding carboxylic acids is 1. The van der Waals surface area contributed by atoms with Gasteiger partial charge in [-0.25, -0.2) is 0 Å². The van der Waals surface area contributed by atoms with Crippen molar-refractivity contribution in [1.29, 1.82) is 0 Å². The zero-order valence-corrected chi connectivity index (χ0v) is 14.4. The maximum atomic E-state index is 12.4. The third-order valence-electron chi connectivity index (χ3n) is 4.95. The number of rotatable bonds is 4. The Morgan fingerprint density at radius 1 is 1.13 bits per heavy atom. The van der Waals surface area contributed by atoms with Crippen molar-refractivity contribution in [3.63, 3.8) is 0 Å². The van der Waals surface area contributed by atoms with Gasteiger partial charge in [0.05, 0.1) is 6.54 Å². The Labute approximate surface area is 143 Å². The number of hydrogen-bond donors (Lipinski definition) is 1. The fourth-order valence-electron chi connectivity index (χ4n) is 3.54. The van der Waals surface area contributed by atoms with Gasteiger partial charge in [0.1, 0.15) is 0 Å². The molecule has 1 saturated heterocycles. The van der Waals surface area contributed by atoms with Crippen LogP contribution in [0.3, 0.4) is 0 Å². The van der Waals surface area contributed by atoms with E-state index in [1.807, 2.05) is 23.1 Å². The van der Waals surface area contributed by atoms with Crippen molar-refractivity contribution >= 4 is 23.2 Å². The van der Waals surface area contributed by atoms with Gasteiger partial charge in [-0.2, -0.15) is 0 Å². The fourth-order valence-corrected chi connectivity index (χ4v) is 3.72. The number of anilines is 1. The molecule has 1 aromatic rings. The molecular weight excluding hydrogens is 310 g/mol. The molecule has 23 heavy (non-hydrogen) atoms. The Kier molecular flexibility index (Phi) is 5.79. The molecule has 126 valence electrons. The summed E-state index contributed by atoms with van der Waals surface area (Å²) in [5.74, 6) is 0.237. The van der Waals surface area contributed by atoms with Gasteiger partial charge < -0.3 is 15.1 Å². The molecule has 4 nitrogen and oxygen atoms in total. The SMILES string of the molecule is O=C(CNC1CCCCC1)N1CCN(c2cccc(Cl)c2)CC1. The first-order valence-electron chi connectivity index (χ1n) is 8.74. The Hall–Kier alpha value is -1.26. The molecule has 1 heterocycles. The average molecular weight is 336 g/mol. The van der Waals surface area contributed by atoms with Gasteiger partial charge in [-0.05, 0) is 31.0 Å². The number of carbonyl (C=O) groups is 1. The lowest BCUT2D eigenvalue weighted by molar-refractivity contribution is -0.130. The quantitative estimate of drug-likeness (QED) is 0.919. The minimum absolute atomic E-state index is 0.237. The lowest BCUT2D eigenvalue weighted by Crippen LogP contribution is -2.51. The summed E-state index contributed by atoms with van der Waals surface area (Å²) in [5, 5.41) is 4.21. The normalized spacial score (nSPS) is 19.9. The van der Waals surface area contributed by atoms with Gasteiger partial charge in [0, 0.05) is 42.9 Å². The molecule has 1 amide bonds. The highest BCUT2D eigenvalue weighted by Crippen LogP contribution is 2.21. The van der Waals surface area contributed by atoms with Crippen molar-refractivity contribution in [2.75, 3.05) is 37.6 Å². The molecule has 2 fully saturated rings. The molecule has 0 unspecified atom stereocenters. The molecule has 3 rings (SSSR count). The molecule has 2 aliphatic rings. The molecule has 5 heteroatoms. The zero-order valence-electron chi connectivity index (χ0n) is 13.6. The van der Waals surface area contributed by atoms with Gasteiger partial charge in [-0.1, -0.05) is 36.9 Å². The minimum atomic E-state index is 0.237. The van der Waals surface area contributed by atoms with Crippen LogP contribution in [0.25, 0.3) is 0 Å². The maximum absolute atomic E-state index is 12.4. The van der Waals surface area contributed by atoms with E-state index < -0.39 is 0 Å². The Morgan fingerprint density at radius 2 is 1.87 bits per heavy atom. The summed E-state index contributed by atoms with van der Waals surface area (Å²) in [5.41, 5.74) is 1.14. The summed E-state index contributed by atoms with van der Waals surface area (Å²) in [6, 6.07) is 8.48. The predicted molar refractivity (Wildman–Crippen MR) is 95.1 cm³/mol. The fraction of sp³-hybridized carbons (Fsp3) is 0.611.